The van der Waals surface area contributed by atoms with Crippen molar-refractivity contribution < 1.29 is 4.79 Å². The van der Waals surface area contributed by atoms with Crippen LogP contribution >= 0.6 is 0 Å². The van der Waals surface area contributed by atoms with Crippen molar-refractivity contribution in [2.24, 2.45) is 10.2 Å². The van der Waals surface area contributed by atoms with Crippen molar-refractivity contribution in [2.75, 3.05) is 0 Å². The zero-order valence-corrected chi connectivity index (χ0v) is 7.21. The second-order valence-electron chi connectivity index (χ2n) is 3.76. The van der Waals surface area contributed by atoms with Crippen LogP contribution in [0.15, 0.2) is 10.2 Å². The third-order valence-corrected chi connectivity index (χ3v) is 2.21. The molecule has 0 aromatic rings. The highest BCUT2D eigenvalue weighted by Gasteiger charge is 2.34. The molecule has 0 bridgehead atoms. The summed E-state index contributed by atoms with van der Waals surface area (Å²) < 4.78 is 0. The lowest BCUT2D eigenvalue weighted by molar-refractivity contribution is -0.121. The molecule has 1 fully saturated rings. The van der Waals surface area contributed by atoms with Gasteiger partial charge in [-0.3, -0.25) is 4.79 Å². The molecule has 1 aliphatic carbocycles. The highest BCUT2D eigenvalue weighted by Crippen LogP contribution is 2.32. The first-order valence-electron chi connectivity index (χ1n) is 4.41. The fraction of sp³-hybridized carbons (Fsp3) is 0.875. The lowest BCUT2D eigenvalue weighted by Crippen LogP contribution is -2.26. The van der Waals surface area contributed by atoms with Gasteiger partial charge in [-0.2, -0.15) is 10.2 Å². The number of hydrogen-bond acceptors (Lipinski definition) is 3. The van der Waals surface area contributed by atoms with Crippen molar-refractivity contribution in [2.45, 2.75) is 44.3 Å². The van der Waals surface area contributed by atoms with Gasteiger partial charge in [-0.25, -0.2) is 0 Å². The topological polar surface area (TPSA) is 53.8 Å². The van der Waals surface area contributed by atoms with E-state index in [1.165, 1.54) is 0 Å². The lowest BCUT2D eigenvalue weighted by Gasteiger charge is -2.04. The predicted octanol–water partition coefficient (Wildman–Crippen LogP) is 1.23. The molecule has 0 aromatic carbocycles. The summed E-state index contributed by atoms with van der Waals surface area (Å²) in [6.07, 6.45) is 3.61. The molecule has 0 spiro atoms. The van der Waals surface area contributed by atoms with Gasteiger partial charge in [0.25, 0.3) is 0 Å². The van der Waals surface area contributed by atoms with Gasteiger partial charge in [-0.1, -0.05) is 0 Å². The number of nitrogens with zero attached hydrogens (tertiary/aromatic N) is 2. The van der Waals surface area contributed by atoms with Crippen LogP contribution in [0.4, 0.5) is 0 Å². The van der Waals surface area contributed by atoms with Gasteiger partial charge in [0, 0.05) is 18.9 Å². The van der Waals surface area contributed by atoms with Crippen LogP contribution in [-0.2, 0) is 4.79 Å². The molecule has 1 N–H and O–H groups in total. The van der Waals surface area contributed by atoms with Crippen LogP contribution in [0.1, 0.15) is 32.6 Å². The lowest BCUT2D eigenvalue weighted by atomic mass is 10.1. The maximum atomic E-state index is 11.2. The summed E-state index contributed by atoms with van der Waals surface area (Å²) in [4.78, 5) is 11.2. The maximum Gasteiger partial charge on any atom is 0.220 e. The molecule has 2 rings (SSSR count). The molecule has 1 heterocycles. The number of nitrogens with one attached hydrogen (secondary N) is 1. The Labute approximate surface area is 71.4 Å². The normalized spacial score (nSPS) is 23.8. The first-order valence-corrected chi connectivity index (χ1v) is 4.41. The van der Waals surface area contributed by atoms with Gasteiger partial charge in [0.2, 0.25) is 5.91 Å². The summed E-state index contributed by atoms with van der Waals surface area (Å²) in [5, 5.41) is 10.6. The summed E-state index contributed by atoms with van der Waals surface area (Å²) in [6, 6.07) is 0.471. The molecule has 2 aliphatic rings. The van der Waals surface area contributed by atoms with Crippen LogP contribution < -0.4 is 5.32 Å². The molecule has 0 radical (unpaired) electrons. The molecule has 66 valence electrons. The molecular weight excluding hydrogens is 154 g/mol. The Morgan fingerprint density at radius 3 is 2.75 bits per heavy atom. The van der Waals surface area contributed by atoms with E-state index in [4.69, 9.17) is 0 Å². The Hall–Kier alpha value is -0.930. The van der Waals surface area contributed by atoms with Crippen LogP contribution in [0.2, 0.25) is 0 Å². The van der Waals surface area contributed by atoms with E-state index in [1.807, 2.05) is 6.92 Å². The van der Waals surface area contributed by atoms with Gasteiger partial charge in [-0.05, 0) is 19.8 Å². The zero-order valence-electron chi connectivity index (χ0n) is 7.21. The molecule has 1 aliphatic heterocycles. The third kappa shape index (κ3) is 2.03. The highest BCUT2D eigenvalue weighted by molar-refractivity contribution is 5.76. The zero-order chi connectivity index (χ0) is 8.60. The summed E-state index contributed by atoms with van der Waals surface area (Å²) in [5.41, 5.74) is -0.221. The van der Waals surface area contributed by atoms with Gasteiger partial charge >= 0.3 is 0 Å². The van der Waals surface area contributed by atoms with E-state index >= 15 is 0 Å². The summed E-state index contributed by atoms with van der Waals surface area (Å²) in [7, 11) is 0. The second-order valence-corrected chi connectivity index (χ2v) is 3.76. The quantitative estimate of drug-likeness (QED) is 0.672. The molecule has 1 saturated carbocycles. The first kappa shape index (κ1) is 7.71. The van der Waals surface area contributed by atoms with E-state index in [0.29, 0.717) is 12.5 Å². The minimum absolute atomic E-state index is 0.149. The van der Waals surface area contributed by atoms with Crippen LogP contribution in [-0.4, -0.2) is 17.6 Å². The third-order valence-electron chi connectivity index (χ3n) is 2.21. The van der Waals surface area contributed by atoms with Crippen LogP contribution in [0.25, 0.3) is 0 Å². The average molecular weight is 167 g/mol. The maximum absolute atomic E-state index is 11.2. The number of amides is 1. The highest BCUT2D eigenvalue weighted by atomic mass is 16.1. The van der Waals surface area contributed by atoms with E-state index in [1.54, 1.807) is 0 Å². The molecule has 4 nitrogen and oxygen atoms in total. The van der Waals surface area contributed by atoms with Gasteiger partial charge in [-0.15, -0.1) is 0 Å². The van der Waals surface area contributed by atoms with Gasteiger partial charge in [0.05, 0.1) is 0 Å². The number of hydrogen-bond donors (Lipinski definition) is 1. The number of carbonyl (C=O) groups excluding carboxylic acids is 1. The molecule has 0 unspecified atom stereocenters. The van der Waals surface area contributed by atoms with Gasteiger partial charge in [0.15, 0.2) is 5.66 Å². The van der Waals surface area contributed by atoms with Crippen molar-refractivity contribution >= 4 is 5.91 Å². The first-order chi connectivity index (χ1) is 5.68. The van der Waals surface area contributed by atoms with Crippen molar-refractivity contribution in [1.29, 1.82) is 0 Å². The molecule has 1 amide bonds. The number of rotatable bonds is 4. The summed E-state index contributed by atoms with van der Waals surface area (Å²) in [6.45, 7) is 1.94. The van der Waals surface area contributed by atoms with Crippen molar-refractivity contribution in [3.8, 4) is 0 Å². The van der Waals surface area contributed by atoms with Gasteiger partial charge < -0.3 is 5.32 Å². The minimum Gasteiger partial charge on any atom is -0.353 e. The molecule has 0 saturated heterocycles. The predicted molar refractivity (Wildman–Crippen MR) is 43.7 cm³/mol. The summed E-state index contributed by atoms with van der Waals surface area (Å²) >= 11 is 0. The summed E-state index contributed by atoms with van der Waals surface area (Å²) in [5.74, 6) is 0.149. The van der Waals surface area contributed by atoms with E-state index in [-0.39, 0.29) is 11.6 Å². The fourth-order valence-corrected chi connectivity index (χ4v) is 1.06. The smallest absolute Gasteiger partial charge is 0.220 e. The van der Waals surface area contributed by atoms with E-state index in [0.717, 1.165) is 19.3 Å². The molecule has 4 heteroatoms. The van der Waals surface area contributed by atoms with Crippen molar-refractivity contribution in [1.82, 2.24) is 5.32 Å². The Bertz CT molecular complexity index is 226. The Morgan fingerprint density at radius 2 is 2.25 bits per heavy atom. The van der Waals surface area contributed by atoms with Crippen LogP contribution in [0, 0.1) is 0 Å². The van der Waals surface area contributed by atoms with Gasteiger partial charge in [0.1, 0.15) is 0 Å². The van der Waals surface area contributed by atoms with E-state index < -0.39 is 0 Å². The Balaban J connectivity index is 1.61. The Morgan fingerprint density at radius 1 is 1.58 bits per heavy atom. The van der Waals surface area contributed by atoms with E-state index in [2.05, 4.69) is 15.5 Å². The second kappa shape index (κ2) is 2.54. The molecule has 0 atom stereocenters. The van der Waals surface area contributed by atoms with Crippen molar-refractivity contribution in [3.63, 3.8) is 0 Å². The Kier molecular flexibility index (Phi) is 1.63. The monoisotopic (exact) mass is 167 g/mol. The SMILES string of the molecule is CC1(CCC(=O)NC2CC2)N=N1. The minimum atomic E-state index is -0.221. The number of carbonyl (C=O) groups is 1. The molecular formula is C8H13N3O. The average Bonchev–Trinajstić information content (AvgIpc) is 2.87. The van der Waals surface area contributed by atoms with Crippen LogP contribution in [0.5, 0.6) is 0 Å². The molecule has 12 heavy (non-hydrogen) atoms. The van der Waals surface area contributed by atoms with Crippen molar-refractivity contribution in [3.05, 3.63) is 0 Å². The van der Waals surface area contributed by atoms with Crippen LogP contribution in [0.3, 0.4) is 0 Å². The fourth-order valence-electron chi connectivity index (χ4n) is 1.06. The largest absolute Gasteiger partial charge is 0.353 e. The van der Waals surface area contributed by atoms with E-state index in [9.17, 15) is 4.79 Å². The molecule has 0 aromatic heterocycles. The standard InChI is InChI=1S/C8H13N3O/c1-8(10-11-8)5-4-7(12)9-6-2-3-6/h6H,2-5H2,1H3,(H,9,12).